The second-order valence-corrected chi connectivity index (χ2v) is 3.73. The van der Waals surface area contributed by atoms with Crippen LogP contribution >= 0.6 is 0 Å². The number of hydrogen-bond acceptors (Lipinski definition) is 5. The lowest BCUT2D eigenvalue weighted by Crippen LogP contribution is -2.50. The summed E-state index contributed by atoms with van der Waals surface area (Å²) in [5.41, 5.74) is 1.88. The number of carbonyl (C=O) groups excluding carboxylic acids is 2. The van der Waals surface area contributed by atoms with Gasteiger partial charge in [0.2, 0.25) is 6.23 Å². The predicted octanol–water partition coefficient (Wildman–Crippen LogP) is 0.780. The molecular formula is C11H9NO4. The minimum atomic E-state index is -0.965. The molecule has 0 N–H and O–H groups in total. The van der Waals surface area contributed by atoms with E-state index in [9.17, 15) is 9.59 Å². The molecule has 2 aliphatic heterocycles. The average Bonchev–Trinajstić information content (AvgIpc) is 2.31. The normalized spacial score (nSPS) is 23.0. The molecule has 1 aromatic carbocycles. The summed E-state index contributed by atoms with van der Waals surface area (Å²) >= 11 is 0. The molecule has 16 heavy (non-hydrogen) atoms. The van der Waals surface area contributed by atoms with Crippen molar-refractivity contribution in [2.45, 2.75) is 19.1 Å². The first kappa shape index (κ1) is 9.21. The fraction of sp³-hybridized carbons (Fsp3) is 0.273. The van der Waals surface area contributed by atoms with E-state index in [1.165, 1.54) is 5.06 Å². The van der Waals surface area contributed by atoms with Gasteiger partial charge >= 0.3 is 11.9 Å². The van der Waals surface area contributed by atoms with Gasteiger partial charge in [-0.3, -0.25) is 0 Å². The van der Waals surface area contributed by atoms with E-state index < -0.39 is 18.2 Å². The molecule has 0 aromatic heterocycles. The van der Waals surface area contributed by atoms with E-state index in [4.69, 9.17) is 9.57 Å². The number of carbonyl (C=O) groups is 2. The first-order valence-electron chi connectivity index (χ1n) is 5.06. The van der Waals surface area contributed by atoms with Crippen molar-refractivity contribution in [2.75, 3.05) is 5.06 Å². The molecule has 0 spiro atoms. The highest BCUT2D eigenvalue weighted by Crippen LogP contribution is 2.32. The number of nitrogens with zero attached hydrogens (tertiary/aromatic N) is 1. The van der Waals surface area contributed by atoms with E-state index in [0.717, 1.165) is 17.7 Å². The third kappa shape index (κ3) is 1.25. The molecule has 2 heterocycles. The maximum atomic E-state index is 11.1. The zero-order valence-electron chi connectivity index (χ0n) is 8.38. The zero-order valence-corrected chi connectivity index (χ0v) is 8.38. The first-order chi connectivity index (χ1) is 7.75. The molecule has 0 saturated carbocycles. The molecule has 1 atom stereocenters. The van der Waals surface area contributed by atoms with Crippen molar-refractivity contribution in [3.63, 3.8) is 0 Å². The fourth-order valence-corrected chi connectivity index (χ4v) is 2.00. The first-order valence-corrected chi connectivity index (χ1v) is 5.06. The van der Waals surface area contributed by atoms with Crippen molar-refractivity contribution in [3.8, 4) is 0 Å². The van der Waals surface area contributed by atoms with Crippen molar-refractivity contribution < 1.29 is 19.2 Å². The van der Waals surface area contributed by atoms with Crippen molar-refractivity contribution in [1.29, 1.82) is 0 Å². The summed E-state index contributed by atoms with van der Waals surface area (Å²) in [5, 5.41) is 1.38. The maximum absolute atomic E-state index is 11.1. The van der Waals surface area contributed by atoms with Crippen molar-refractivity contribution in [2.24, 2.45) is 0 Å². The van der Waals surface area contributed by atoms with Gasteiger partial charge in [-0.05, 0) is 18.1 Å². The molecule has 1 fully saturated rings. The SMILES string of the molecule is O=C1OC2CCc3ccccc3N2OC1=O. The van der Waals surface area contributed by atoms with E-state index in [0.29, 0.717) is 6.42 Å². The Hall–Kier alpha value is -2.04. The Kier molecular flexibility index (Phi) is 1.86. The molecule has 5 nitrogen and oxygen atoms in total. The summed E-state index contributed by atoms with van der Waals surface area (Å²) in [6, 6.07) is 7.59. The topological polar surface area (TPSA) is 55.8 Å². The lowest BCUT2D eigenvalue weighted by molar-refractivity contribution is -0.189. The number of fused-ring (bicyclic) bond motifs is 3. The van der Waals surface area contributed by atoms with Crippen molar-refractivity contribution in [3.05, 3.63) is 29.8 Å². The van der Waals surface area contributed by atoms with Gasteiger partial charge in [0.25, 0.3) is 0 Å². The molecule has 0 amide bonds. The second kappa shape index (κ2) is 3.23. The smallest absolute Gasteiger partial charge is 0.430 e. The van der Waals surface area contributed by atoms with Gasteiger partial charge in [0, 0.05) is 6.42 Å². The number of esters is 1. The number of rotatable bonds is 0. The van der Waals surface area contributed by atoms with Gasteiger partial charge in [0.1, 0.15) is 0 Å². The van der Waals surface area contributed by atoms with Crippen LogP contribution in [0.4, 0.5) is 5.69 Å². The summed E-state index contributed by atoms with van der Waals surface area (Å²) in [5.74, 6) is -1.88. The highest BCUT2D eigenvalue weighted by Gasteiger charge is 2.39. The number of anilines is 1. The Bertz CT molecular complexity index is 471. The van der Waals surface area contributed by atoms with Crippen LogP contribution in [0.3, 0.4) is 0 Å². The van der Waals surface area contributed by atoms with Crippen LogP contribution in [0.15, 0.2) is 24.3 Å². The zero-order chi connectivity index (χ0) is 11.1. The van der Waals surface area contributed by atoms with Crippen LogP contribution < -0.4 is 5.06 Å². The monoisotopic (exact) mass is 219 g/mol. The highest BCUT2D eigenvalue weighted by molar-refractivity contribution is 6.30. The molecular weight excluding hydrogens is 210 g/mol. The standard InChI is InChI=1S/C11H9NO4/c13-10-11(14)16-12-8-4-2-1-3-7(8)5-6-9(12)15-10/h1-4,9H,5-6H2. The van der Waals surface area contributed by atoms with E-state index in [1.54, 1.807) is 0 Å². The van der Waals surface area contributed by atoms with E-state index in [2.05, 4.69) is 0 Å². The number of aryl methyl sites for hydroxylation is 1. The molecule has 1 unspecified atom stereocenters. The van der Waals surface area contributed by atoms with Gasteiger partial charge in [0.05, 0.1) is 5.69 Å². The molecule has 2 aliphatic rings. The van der Waals surface area contributed by atoms with Crippen LogP contribution in [0.1, 0.15) is 12.0 Å². The van der Waals surface area contributed by atoms with E-state index in [-0.39, 0.29) is 0 Å². The lowest BCUT2D eigenvalue weighted by atomic mass is 10.0. The molecule has 5 heteroatoms. The van der Waals surface area contributed by atoms with Crippen LogP contribution in [-0.2, 0) is 25.6 Å². The van der Waals surface area contributed by atoms with Crippen LogP contribution in [0.5, 0.6) is 0 Å². The van der Waals surface area contributed by atoms with Crippen LogP contribution in [0.2, 0.25) is 0 Å². The third-order valence-corrected chi connectivity index (χ3v) is 2.74. The quantitative estimate of drug-likeness (QED) is 0.476. The number of hydroxylamine groups is 1. The Labute approximate surface area is 91.5 Å². The molecule has 1 saturated heterocycles. The second-order valence-electron chi connectivity index (χ2n) is 3.73. The van der Waals surface area contributed by atoms with E-state index >= 15 is 0 Å². The lowest BCUT2D eigenvalue weighted by Gasteiger charge is -2.37. The van der Waals surface area contributed by atoms with Crippen molar-refractivity contribution in [1.82, 2.24) is 0 Å². The fourth-order valence-electron chi connectivity index (χ4n) is 2.00. The van der Waals surface area contributed by atoms with Crippen molar-refractivity contribution >= 4 is 17.6 Å². The van der Waals surface area contributed by atoms with Gasteiger partial charge in [-0.25, -0.2) is 9.59 Å². The number of benzene rings is 1. The minimum Gasteiger partial charge on any atom is -0.430 e. The predicted molar refractivity (Wildman–Crippen MR) is 53.2 cm³/mol. The summed E-state index contributed by atoms with van der Waals surface area (Å²) in [6.07, 6.45) is 0.957. The van der Waals surface area contributed by atoms with Crippen LogP contribution in [-0.4, -0.2) is 18.2 Å². The molecule has 82 valence electrons. The third-order valence-electron chi connectivity index (χ3n) is 2.74. The summed E-state index contributed by atoms with van der Waals surface area (Å²) < 4.78 is 4.97. The Balaban J connectivity index is 2.00. The minimum absolute atomic E-state index is 0.486. The van der Waals surface area contributed by atoms with Gasteiger partial charge in [0.15, 0.2) is 0 Å². The van der Waals surface area contributed by atoms with Gasteiger partial charge < -0.3 is 9.57 Å². The van der Waals surface area contributed by atoms with Gasteiger partial charge in [-0.2, -0.15) is 5.06 Å². The Morgan fingerprint density at radius 2 is 2.00 bits per heavy atom. The molecule has 3 rings (SSSR count). The molecule has 0 radical (unpaired) electrons. The molecule has 1 aromatic rings. The maximum Gasteiger partial charge on any atom is 0.441 e. The summed E-state index contributed by atoms with van der Waals surface area (Å²) in [7, 11) is 0. The summed E-state index contributed by atoms with van der Waals surface area (Å²) in [6.45, 7) is 0. The van der Waals surface area contributed by atoms with Gasteiger partial charge in [-0.1, -0.05) is 18.2 Å². The van der Waals surface area contributed by atoms with E-state index in [1.807, 2.05) is 24.3 Å². The molecule has 0 aliphatic carbocycles. The number of para-hydroxylation sites is 1. The van der Waals surface area contributed by atoms with Crippen LogP contribution in [0.25, 0.3) is 0 Å². The largest absolute Gasteiger partial charge is 0.441 e. The Morgan fingerprint density at radius 1 is 1.19 bits per heavy atom. The molecule has 0 bridgehead atoms. The van der Waals surface area contributed by atoms with Crippen LogP contribution in [0, 0.1) is 0 Å². The number of hydrogen-bond donors (Lipinski definition) is 0. The summed E-state index contributed by atoms with van der Waals surface area (Å²) in [4.78, 5) is 27.1. The Morgan fingerprint density at radius 3 is 2.88 bits per heavy atom. The number of ether oxygens (including phenoxy) is 1. The average molecular weight is 219 g/mol. The highest BCUT2D eigenvalue weighted by atomic mass is 16.8. The van der Waals surface area contributed by atoms with Gasteiger partial charge in [-0.15, -0.1) is 0 Å².